The van der Waals surface area contributed by atoms with E-state index in [0.717, 1.165) is 5.56 Å². The third-order valence-electron chi connectivity index (χ3n) is 2.81. The molecule has 0 aliphatic heterocycles. The number of anilines is 1. The fourth-order valence-corrected chi connectivity index (χ4v) is 1.94. The maximum atomic E-state index is 10.7. The second-order valence-corrected chi connectivity index (χ2v) is 4.25. The van der Waals surface area contributed by atoms with Gasteiger partial charge in [-0.1, -0.05) is 17.1 Å². The summed E-state index contributed by atoms with van der Waals surface area (Å²) >= 11 is 0. The lowest BCUT2D eigenvalue weighted by atomic mass is 10.2. The van der Waals surface area contributed by atoms with Crippen molar-refractivity contribution in [2.24, 2.45) is 0 Å². The van der Waals surface area contributed by atoms with Crippen LogP contribution in [0, 0.1) is 10.1 Å². The Morgan fingerprint density at radius 2 is 2.20 bits per heavy atom. The van der Waals surface area contributed by atoms with Gasteiger partial charge in [0.05, 0.1) is 12.9 Å². The van der Waals surface area contributed by atoms with Gasteiger partial charge in [-0.05, 0) is 27.6 Å². The zero-order valence-electron chi connectivity index (χ0n) is 10.3. The second kappa shape index (κ2) is 4.57. The topological polar surface area (TPSA) is 113 Å². The molecule has 0 fully saturated rings. The Labute approximate surface area is 113 Å². The molecule has 0 atom stereocenters. The van der Waals surface area contributed by atoms with Crippen LogP contribution in [-0.4, -0.2) is 24.4 Å². The van der Waals surface area contributed by atoms with Crippen LogP contribution >= 0.6 is 0 Å². The molecule has 0 unspecified atom stereocenters. The molecule has 0 aliphatic rings. The Morgan fingerprint density at radius 3 is 2.95 bits per heavy atom. The number of nitrogens with zero attached hydrogens (tertiary/aromatic N) is 5. The van der Waals surface area contributed by atoms with Gasteiger partial charge in [-0.25, -0.2) is 4.98 Å². The van der Waals surface area contributed by atoms with Crippen LogP contribution in [0.3, 0.4) is 0 Å². The fourth-order valence-electron chi connectivity index (χ4n) is 1.94. The number of hydrogen-bond donors (Lipinski definition) is 1. The van der Waals surface area contributed by atoms with E-state index >= 15 is 0 Å². The van der Waals surface area contributed by atoms with E-state index in [0.29, 0.717) is 23.4 Å². The second-order valence-electron chi connectivity index (χ2n) is 4.25. The van der Waals surface area contributed by atoms with Gasteiger partial charge in [0.25, 0.3) is 0 Å². The monoisotopic (exact) mass is 270 g/mol. The first-order valence-corrected chi connectivity index (χ1v) is 5.80. The van der Waals surface area contributed by atoms with Crippen molar-refractivity contribution in [3.8, 4) is 0 Å². The minimum Gasteiger partial charge on any atom is -0.399 e. The number of imidazole rings is 1. The average molecular weight is 270 g/mol. The summed E-state index contributed by atoms with van der Waals surface area (Å²) in [5.74, 6) is -0.438. The SMILES string of the molecule is Nc1cccc(Cn2cnc3cnc([N+](=O)[O-])nc32)c1. The molecule has 2 aromatic heterocycles. The number of nitro groups is 1. The van der Waals surface area contributed by atoms with Crippen LogP contribution in [0.1, 0.15) is 5.56 Å². The van der Waals surface area contributed by atoms with Crippen molar-refractivity contribution < 1.29 is 4.92 Å². The number of nitrogens with two attached hydrogens (primary N) is 1. The van der Waals surface area contributed by atoms with Gasteiger partial charge in [0.2, 0.25) is 5.65 Å². The molecule has 8 nitrogen and oxygen atoms in total. The maximum Gasteiger partial charge on any atom is 0.470 e. The van der Waals surface area contributed by atoms with E-state index in [-0.39, 0.29) is 0 Å². The van der Waals surface area contributed by atoms with Crippen molar-refractivity contribution in [3.05, 3.63) is 52.5 Å². The molecule has 3 aromatic rings. The first-order valence-electron chi connectivity index (χ1n) is 5.80. The molecule has 8 heteroatoms. The van der Waals surface area contributed by atoms with Crippen molar-refractivity contribution in [3.63, 3.8) is 0 Å². The maximum absolute atomic E-state index is 10.7. The zero-order chi connectivity index (χ0) is 14.1. The Morgan fingerprint density at radius 1 is 1.35 bits per heavy atom. The van der Waals surface area contributed by atoms with Crippen molar-refractivity contribution in [2.75, 3.05) is 5.73 Å². The number of aromatic nitrogens is 4. The van der Waals surface area contributed by atoms with E-state index in [1.54, 1.807) is 17.0 Å². The summed E-state index contributed by atoms with van der Waals surface area (Å²) in [6.07, 6.45) is 2.92. The standard InChI is InChI=1S/C12H10N6O2/c13-9-3-1-2-8(4-9)6-17-7-15-10-5-14-12(18(19)20)16-11(10)17/h1-5,7H,6,13H2. The molecule has 20 heavy (non-hydrogen) atoms. The van der Waals surface area contributed by atoms with Crippen LogP contribution in [0.2, 0.25) is 0 Å². The van der Waals surface area contributed by atoms with E-state index in [1.165, 1.54) is 6.20 Å². The first kappa shape index (κ1) is 12.0. The van der Waals surface area contributed by atoms with Crippen molar-refractivity contribution in [2.45, 2.75) is 6.54 Å². The quantitative estimate of drug-likeness (QED) is 0.437. The number of fused-ring (bicyclic) bond motifs is 1. The van der Waals surface area contributed by atoms with E-state index in [1.807, 2.05) is 18.2 Å². The lowest BCUT2D eigenvalue weighted by Crippen LogP contribution is -2.02. The van der Waals surface area contributed by atoms with Gasteiger partial charge in [-0.15, -0.1) is 0 Å². The van der Waals surface area contributed by atoms with Gasteiger partial charge in [0.1, 0.15) is 6.20 Å². The molecular formula is C12H10N6O2. The van der Waals surface area contributed by atoms with Crippen molar-refractivity contribution >= 4 is 22.8 Å². The van der Waals surface area contributed by atoms with E-state index in [4.69, 9.17) is 5.73 Å². The minimum atomic E-state index is -0.628. The average Bonchev–Trinajstić information content (AvgIpc) is 2.81. The summed E-state index contributed by atoms with van der Waals surface area (Å²) in [5.41, 5.74) is 8.29. The summed E-state index contributed by atoms with van der Waals surface area (Å²) < 4.78 is 1.72. The molecule has 0 saturated carbocycles. The van der Waals surface area contributed by atoms with Gasteiger partial charge >= 0.3 is 5.95 Å². The Hall–Kier alpha value is -3.03. The van der Waals surface area contributed by atoms with Gasteiger partial charge in [0.15, 0.2) is 5.52 Å². The molecule has 3 rings (SSSR count). The van der Waals surface area contributed by atoms with Crippen LogP contribution in [-0.2, 0) is 6.54 Å². The number of rotatable bonds is 3. The highest BCUT2D eigenvalue weighted by molar-refractivity contribution is 5.70. The minimum absolute atomic E-state index is 0.425. The lowest BCUT2D eigenvalue weighted by molar-refractivity contribution is -0.394. The number of hydrogen-bond acceptors (Lipinski definition) is 6. The number of benzene rings is 1. The smallest absolute Gasteiger partial charge is 0.399 e. The van der Waals surface area contributed by atoms with E-state index in [9.17, 15) is 10.1 Å². The highest BCUT2D eigenvalue weighted by Crippen LogP contribution is 2.15. The van der Waals surface area contributed by atoms with Crippen LogP contribution in [0.4, 0.5) is 11.6 Å². The molecule has 0 spiro atoms. The van der Waals surface area contributed by atoms with Crippen molar-refractivity contribution in [1.82, 2.24) is 19.5 Å². The van der Waals surface area contributed by atoms with Crippen LogP contribution in [0.5, 0.6) is 0 Å². The summed E-state index contributed by atoms with van der Waals surface area (Å²) in [6, 6.07) is 7.39. The molecule has 0 bridgehead atoms. The predicted molar refractivity (Wildman–Crippen MR) is 71.9 cm³/mol. The van der Waals surface area contributed by atoms with Gasteiger partial charge in [-0.3, -0.25) is 4.57 Å². The molecule has 2 heterocycles. The highest BCUT2D eigenvalue weighted by atomic mass is 16.6. The summed E-state index contributed by atoms with van der Waals surface area (Å²) in [5, 5.41) is 10.7. The first-order chi connectivity index (χ1) is 9.63. The summed E-state index contributed by atoms with van der Waals surface area (Å²) in [4.78, 5) is 21.8. The van der Waals surface area contributed by atoms with E-state index < -0.39 is 10.9 Å². The molecule has 0 aliphatic carbocycles. The van der Waals surface area contributed by atoms with Crippen LogP contribution < -0.4 is 5.73 Å². The molecule has 0 radical (unpaired) electrons. The van der Waals surface area contributed by atoms with Crippen LogP contribution in [0.15, 0.2) is 36.8 Å². The molecule has 2 N–H and O–H groups in total. The largest absolute Gasteiger partial charge is 0.470 e. The third-order valence-corrected chi connectivity index (χ3v) is 2.81. The van der Waals surface area contributed by atoms with Gasteiger partial charge in [0, 0.05) is 5.69 Å². The third kappa shape index (κ3) is 2.14. The molecule has 0 amide bonds. The van der Waals surface area contributed by atoms with Crippen LogP contribution in [0.25, 0.3) is 11.2 Å². The number of nitrogen functional groups attached to an aromatic ring is 1. The molecular weight excluding hydrogens is 260 g/mol. The summed E-state index contributed by atoms with van der Waals surface area (Å²) in [6.45, 7) is 0.482. The normalized spacial score (nSPS) is 10.8. The van der Waals surface area contributed by atoms with Gasteiger partial charge < -0.3 is 15.8 Å². The Kier molecular flexibility index (Phi) is 2.75. The molecule has 100 valence electrons. The fraction of sp³-hybridized carbons (Fsp3) is 0.0833. The zero-order valence-corrected chi connectivity index (χ0v) is 10.3. The summed E-state index contributed by atoms with van der Waals surface area (Å²) in [7, 11) is 0. The predicted octanol–water partition coefficient (Wildman–Crippen LogP) is 1.36. The molecule has 1 aromatic carbocycles. The van der Waals surface area contributed by atoms with Gasteiger partial charge in [-0.2, -0.15) is 0 Å². The lowest BCUT2D eigenvalue weighted by Gasteiger charge is -2.03. The highest BCUT2D eigenvalue weighted by Gasteiger charge is 2.15. The van der Waals surface area contributed by atoms with E-state index in [2.05, 4.69) is 15.0 Å². The molecule has 0 saturated heterocycles. The Bertz CT molecular complexity index is 797. The Balaban J connectivity index is 2.03. The van der Waals surface area contributed by atoms with Crippen molar-refractivity contribution in [1.29, 1.82) is 0 Å².